The molecule has 3 aromatic rings. The van der Waals surface area contributed by atoms with Crippen LogP contribution in [-0.4, -0.2) is 15.0 Å². The van der Waals surface area contributed by atoms with Gasteiger partial charge >= 0.3 is 0 Å². The van der Waals surface area contributed by atoms with Gasteiger partial charge in [-0.15, -0.1) is 0 Å². The SMILES string of the molecule is C[C@H](COCc1ccc(NS(=O)(=O)c2ccc(-c3ccccc3)cc2)cc1)C1CCCCC1. The van der Waals surface area contributed by atoms with Crippen LogP contribution in [0.2, 0.25) is 0 Å². The van der Waals surface area contributed by atoms with Gasteiger partial charge < -0.3 is 4.74 Å². The molecule has 1 aliphatic rings. The summed E-state index contributed by atoms with van der Waals surface area (Å²) in [6.45, 7) is 3.61. The number of hydrogen-bond acceptors (Lipinski definition) is 3. The molecule has 0 heterocycles. The molecule has 0 aromatic heterocycles. The van der Waals surface area contributed by atoms with Gasteiger partial charge in [-0.3, -0.25) is 4.72 Å². The van der Waals surface area contributed by atoms with Crippen molar-refractivity contribution >= 4 is 15.7 Å². The fraction of sp³-hybridized carbons (Fsp3) is 0.357. The van der Waals surface area contributed by atoms with Gasteiger partial charge in [-0.05, 0) is 52.8 Å². The van der Waals surface area contributed by atoms with Gasteiger partial charge in [0, 0.05) is 12.3 Å². The average Bonchev–Trinajstić information content (AvgIpc) is 2.86. The molecular formula is C28H33NO3S. The maximum absolute atomic E-state index is 12.8. The molecule has 33 heavy (non-hydrogen) atoms. The van der Waals surface area contributed by atoms with Crippen LogP contribution in [0.5, 0.6) is 0 Å². The zero-order valence-electron chi connectivity index (χ0n) is 19.2. The minimum absolute atomic E-state index is 0.242. The Kier molecular flexibility index (Phi) is 7.84. The normalized spacial score (nSPS) is 15.8. The number of benzene rings is 3. The second-order valence-corrected chi connectivity index (χ2v) is 10.8. The lowest BCUT2D eigenvalue weighted by molar-refractivity contribution is 0.0639. The first-order valence-electron chi connectivity index (χ1n) is 11.9. The van der Waals surface area contributed by atoms with E-state index in [0.717, 1.165) is 29.2 Å². The van der Waals surface area contributed by atoms with Crippen molar-refractivity contribution in [2.24, 2.45) is 11.8 Å². The highest BCUT2D eigenvalue weighted by Crippen LogP contribution is 2.30. The third-order valence-corrected chi connectivity index (χ3v) is 7.98. The van der Waals surface area contributed by atoms with Crippen LogP contribution < -0.4 is 4.72 Å². The van der Waals surface area contributed by atoms with Crippen LogP contribution in [0.4, 0.5) is 5.69 Å². The summed E-state index contributed by atoms with van der Waals surface area (Å²) in [6.07, 6.45) is 6.73. The van der Waals surface area contributed by atoms with Gasteiger partial charge in [0.25, 0.3) is 10.0 Å². The molecule has 3 aromatic carbocycles. The first kappa shape index (κ1) is 23.5. The first-order valence-corrected chi connectivity index (χ1v) is 13.3. The van der Waals surface area contributed by atoms with Crippen LogP contribution in [0.15, 0.2) is 83.8 Å². The molecule has 174 valence electrons. The smallest absolute Gasteiger partial charge is 0.261 e. The second kappa shape index (κ2) is 11.0. The van der Waals surface area contributed by atoms with E-state index in [1.807, 2.05) is 54.6 Å². The molecule has 1 aliphatic carbocycles. The quantitative estimate of drug-likeness (QED) is 0.376. The molecule has 1 saturated carbocycles. The van der Waals surface area contributed by atoms with Gasteiger partial charge in [0.05, 0.1) is 11.5 Å². The summed E-state index contributed by atoms with van der Waals surface area (Å²) in [5.41, 5.74) is 3.62. The summed E-state index contributed by atoms with van der Waals surface area (Å²) in [4.78, 5) is 0.242. The van der Waals surface area contributed by atoms with Crippen molar-refractivity contribution in [3.63, 3.8) is 0 Å². The fourth-order valence-corrected chi connectivity index (χ4v) is 5.60. The molecule has 5 heteroatoms. The van der Waals surface area contributed by atoms with Crippen molar-refractivity contribution in [3.05, 3.63) is 84.4 Å². The van der Waals surface area contributed by atoms with Gasteiger partial charge in [-0.2, -0.15) is 0 Å². The molecule has 1 atom stereocenters. The summed E-state index contributed by atoms with van der Waals surface area (Å²) in [6, 6.07) is 24.3. The molecule has 0 spiro atoms. The largest absolute Gasteiger partial charge is 0.376 e. The number of rotatable bonds is 9. The van der Waals surface area contributed by atoms with Gasteiger partial charge in [0.2, 0.25) is 0 Å². The third-order valence-electron chi connectivity index (χ3n) is 6.58. The van der Waals surface area contributed by atoms with Crippen LogP contribution in [0.25, 0.3) is 11.1 Å². The highest BCUT2D eigenvalue weighted by Gasteiger charge is 2.20. The molecule has 1 N–H and O–H groups in total. The Hall–Kier alpha value is -2.63. The summed E-state index contributed by atoms with van der Waals surface area (Å²) in [5.74, 6) is 1.38. The Bertz CT molecular complexity index is 1100. The van der Waals surface area contributed by atoms with Crippen LogP contribution >= 0.6 is 0 Å². The van der Waals surface area contributed by atoms with Gasteiger partial charge in [-0.1, -0.05) is 93.6 Å². The van der Waals surface area contributed by atoms with E-state index in [1.165, 1.54) is 32.1 Å². The summed E-state index contributed by atoms with van der Waals surface area (Å²) in [5, 5.41) is 0. The van der Waals surface area contributed by atoms with Crippen LogP contribution in [-0.2, 0) is 21.4 Å². The molecule has 4 nitrogen and oxygen atoms in total. The highest BCUT2D eigenvalue weighted by molar-refractivity contribution is 7.92. The summed E-state index contributed by atoms with van der Waals surface area (Å²) < 4.78 is 34.2. The lowest BCUT2D eigenvalue weighted by Gasteiger charge is -2.27. The van der Waals surface area contributed by atoms with E-state index in [-0.39, 0.29) is 4.90 Å². The van der Waals surface area contributed by atoms with Crippen molar-refractivity contribution in [3.8, 4) is 11.1 Å². The molecule has 0 radical (unpaired) electrons. The van der Waals surface area contributed by atoms with Gasteiger partial charge in [0.15, 0.2) is 0 Å². The molecule has 0 amide bonds. The Balaban J connectivity index is 1.30. The minimum Gasteiger partial charge on any atom is -0.376 e. The van der Waals surface area contributed by atoms with Crippen LogP contribution in [0.3, 0.4) is 0 Å². The van der Waals surface area contributed by atoms with E-state index >= 15 is 0 Å². The zero-order chi connectivity index (χ0) is 23.1. The lowest BCUT2D eigenvalue weighted by atomic mass is 9.81. The van der Waals surface area contributed by atoms with Crippen molar-refractivity contribution in [2.45, 2.75) is 50.5 Å². The van der Waals surface area contributed by atoms with Crippen molar-refractivity contribution in [1.82, 2.24) is 0 Å². The Morgan fingerprint density at radius 2 is 1.48 bits per heavy atom. The van der Waals surface area contributed by atoms with Crippen molar-refractivity contribution < 1.29 is 13.2 Å². The lowest BCUT2D eigenvalue weighted by Crippen LogP contribution is -2.19. The van der Waals surface area contributed by atoms with E-state index in [0.29, 0.717) is 18.2 Å². The highest BCUT2D eigenvalue weighted by atomic mass is 32.2. The predicted octanol–water partition coefficient (Wildman–Crippen LogP) is 6.89. The van der Waals surface area contributed by atoms with Gasteiger partial charge in [-0.25, -0.2) is 8.42 Å². The van der Waals surface area contributed by atoms with Crippen molar-refractivity contribution in [1.29, 1.82) is 0 Å². The van der Waals surface area contributed by atoms with Gasteiger partial charge in [0.1, 0.15) is 0 Å². The Morgan fingerprint density at radius 1 is 0.848 bits per heavy atom. The second-order valence-electron chi connectivity index (χ2n) is 9.08. The van der Waals surface area contributed by atoms with Crippen LogP contribution in [0, 0.1) is 11.8 Å². The number of sulfonamides is 1. The number of hydrogen-bond donors (Lipinski definition) is 1. The molecule has 0 aliphatic heterocycles. The predicted molar refractivity (Wildman–Crippen MR) is 135 cm³/mol. The summed E-state index contributed by atoms with van der Waals surface area (Å²) >= 11 is 0. The molecule has 4 rings (SSSR count). The number of anilines is 1. The maximum Gasteiger partial charge on any atom is 0.261 e. The topological polar surface area (TPSA) is 55.4 Å². The first-order chi connectivity index (χ1) is 16.0. The Morgan fingerprint density at radius 3 is 2.15 bits per heavy atom. The van der Waals surface area contributed by atoms with E-state index in [2.05, 4.69) is 11.6 Å². The summed E-state index contributed by atoms with van der Waals surface area (Å²) in [7, 11) is -3.65. The molecule has 0 unspecified atom stereocenters. The van der Waals surface area contributed by atoms with Crippen LogP contribution in [0.1, 0.15) is 44.6 Å². The van der Waals surface area contributed by atoms with Crippen molar-refractivity contribution in [2.75, 3.05) is 11.3 Å². The van der Waals surface area contributed by atoms with E-state index in [9.17, 15) is 8.42 Å². The molecule has 0 saturated heterocycles. The van der Waals surface area contributed by atoms with E-state index in [4.69, 9.17) is 4.74 Å². The van der Waals surface area contributed by atoms with E-state index in [1.54, 1.807) is 24.3 Å². The molecule has 0 bridgehead atoms. The van der Waals surface area contributed by atoms with E-state index < -0.39 is 10.0 Å². The average molecular weight is 464 g/mol. The maximum atomic E-state index is 12.8. The zero-order valence-corrected chi connectivity index (χ0v) is 20.1. The Labute approximate surface area is 198 Å². The minimum atomic E-state index is -3.65. The monoisotopic (exact) mass is 463 g/mol. The fourth-order valence-electron chi connectivity index (χ4n) is 4.54. The third kappa shape index (κ3) is 6.46. The molecular weight excluding hydrogens is 430 g/mol. The standard InChI is InChI=1S/C28H33NO3S/c1-22(24-8-4-2-5-9-24)20-32-21-23-12-16-27(17-13-23)29-33(30,31)28-18-14-26(15-19-28)25-10-6-3-7-11-25/h3,6-7,10-19,22,24,29H,2,4-5,8-9,20-21H2,1H3/t22-/m1/s1. The number of nitrogens with one attached hydrogen (secondary N) is 1. The number of ether oxygens (including phenoxy) is 1. The molecule has 1 fully saturated rings.